The van der Waals surface area contributed by atoms with Crippen LogP contribution in [0.4, 0.5) is 0 Å². The molecule has 0 atom stereocenters. The summed E-state index contributed by atoms with van der Waals surface area (Å²) in [6, 6.07) is 10.7. The zero-order chi connectivity index (χ0) is 19.5. The van der Waals surface area contributed by atoms with Crippen LogP contribution >= 0.6 is 11.3 Å². The fourth-order valence-electron chi connectivity index (χ4n) is 3.21. The zero-order valence-electron chi connectivity index (χ0n) is 15.0. The molecular formula is C20H18N4O3S. The number of imide groups is 1. The number of imidazole rings is 1. The average Bonchev–Trinajstić information content (AvgIpc) is 3.43. The Bertz CT molecular complexity index is 991. The Morgan fingerprint density at radius 3 is 2.54 bits per heavy atom. The lowest BCUT2D eigenvalue weighted by Gasteiger charge is -2.13. The molecule has 8 heteroatoms. The van der Waals surface area contributed by atoms with Gasteiger partial charge in [0, 0.05) is 31.6 Å². The number of aromatic nitrogens is 2. The lowest BCUT2D eigenvalue weighted by atomic mass is 10.1. The fourth-order valence-corrected chi connectivity index (χ4v) is 3.96. The van der Waals surface area contributed by atoms with E-state index in [1.165, 1.54) is 0 Å². The molecule has 142 valence electrons. The van der Waals surface area contributed by atoms with Crippen molar-refractivity contribution in [2.45, 2.75) is 12.8 Å². The first-order chi connectivity index (χ1) is 13.6. The van der Waals surface area contributed by atoms with Crippen molar-refractivity contribution in [2.75, 3.05) is 13.1 Å². The van der Waals surface area contributed by atoms with E-state index in [-0.39, 0.29) is 30.7 Å². The number of rotatable bonds is 7. The van der Waals surface area contributed by atoms with Crippen LogP contribution in [0, 0.1) is 0 Å². The molecule has 0 saturated heterocycles. The fraction of sp³-hybridized carbons (Fsp3) is 0.200. The van der Waals surface area contributed by atoms with Crippen LogP contribution < -0.4 is 5.32 Å². The van der Waals surface area contributed by atoms with Gasteiger partial charge in [0.25, 0.3) is 11.8 Å². The van der Waals surface area contributed by atoms with Gasteiger partial charge in [0.1, 0.15) is 5.69 Å². The largest absolute Gasteiger partial charge is 0.356 e. The van der Waals surface area contributed by atoms with Crippen molar-refractivity contribution in [2.24, 2.45) is 0 Å². The van der Waals surface area contributed by atoms with Crippen molar-refractivity contribution in [1.82, 2.24) is 20.2 Å². The van der Waals surface area contributed by atoms with Gasteiger partial charge >= 0.3 is 0 Å². The molecule has 1 aromatic carbocycles. The Morgan fingerprint density at radius 1 is 1.11 bits per heavy atom. The van der Waals surface area contributed by atoms with Crippen LogP contribution in [0.15, 0.2) is 48.1 Å². The van der Waals surface area contributed by atoms with E-state index >= 15 is 0 Å². The molecule has 0 spiro atoms. The van der Waals surface area contributed by atoms with Gasteiger partial charge in [0.2, 0.25) is 5.91 Å². The molecule has 3 heterocycles. The monoisotopic (exact) mass is 394 g/mol. The summed E-state index contributed by atoms with van der Waals surface area (Å²) >= 11 is 1.61. The molecule has 3 amide bonds. The molecule has 0 saturated carbocycles. The van der Waals surface area contributed by atoms with Crippen LogP contribution in [0.25, 0.3) is 10.6 Å². The Labute approximate surface area is 165 Å². The van der Waals surface area contributed by atoms with Gasteiger partial charge in [0.15, 0.2) is 0 Å². The number of amides is 3. The average molecular weight is 394 g/mol. The number of benzene rings is 1. The summed E-state index contributed by atoms with van der Waals surface area (Å²) < 4.78 is 0. The van der Waals surface area contributed by atoms with Gasteiger partial charge in [-0.2, -0.15) is 0 Å². The Hall–Kier alpha value is -3.26. The van der Waals surface area contributed by atoms with Crippen molar-refractivity contribution >= 4 is 29.1 Å². The van der Waals surface area contributed by atoms with Crippen molar-refractivity contribution in [3.8, 4) is 10.6 Å². The quantitative estimate of drug-likeness (QED) is 0.602. The van der Waals surface area contributed by atoms with E-state index in [1.54, 1.807) is 41.9 Å². The molecule has 0 unspecified atom stereocenters. The van der Waals surface area contributed by atoms with Crippen LogP contribution in [-0.4, -0.2) is 45.7 Å². The van der Waals surface area contributed by atoms with Gasteiger partial charge in [-0.15, -0.1) is 11.3 Å². The predicted molar refractivity (Wildman–Crippen MR) is 105 cm³/mol. The van der Waals surface area contributed by atoms with Crippen LogP contribution in [0.3, 0.4) is 0 Å². The number of fused-ring (bicyclic) bond motifs is 1. The Balaban J connectivity index is 1.27. The van der Waals surface area contributed by atoms with Gasteiger partial charge in [-0.1, -0.05) is 18.2 Å². The van der Waals surface area contributed by atoms with E-state index in [4.69, 9.17) is 0 Å². The minimum absolute atomic E-state index is 0.0721. The second kappa shape index (κ2) is 7.77. The first kappa shape index (κ1) is 18.1. The lowest BCUT2D eigenvalue weighted by Crippen LogP contribution is -2.35. The van der Waals surface area contributed by atoms with Gasteiger partial charge in [0.05, 0.1) is 22.3 Å². The Kier molecular flexibility index (Phi) is 5.03. The summed E-state index contributed by atoms with van der Waals surface area (Å²) in [6.07, 6.45) is 2.34. The second-order valence-corrected chi connectivity index (χ2v) is 7.31. The third kappa shape index (κ3) is 3.46. The standard InChI is InChI=1S/C20H18N4O3S/c25-17(8-10-24-19(26)13-4-1-2-5-14(13)20(24)27)21-9-7-15-18(23-12-22-15)16-6-3-11-28-16/h1-6,11-12H,7-10H2,(H,21,25)(H,22,23). The number of carbonyl (C=O) groups is 3. The molecule has 2 N–H and O–H groups in total. The third-order valence-corrected chi connectivity index (χ3v) is 5.49. The minimum atomic E-state index is -0.341. The third-order valence-electron chi connectivity index (χ3n) is 4.61. The molecule has 28 heavy (non-hydrogen) atoms. The first-order valence-corrected chi connectivity index (χ1v) is 9.81. The summed E-state index contributed by atoms with van der Waals surface area (Å²) in [4.78, 5) is 46.4. The van der Waals surface area contributed by atoms with Gasteiger partial charge in [-0.05, 0) is 23.6 Å². The Morgan fingerprint density at radius 2 is 1.86 bits per heavy atom. The molecule has 0 aliphatic carbocycles. The highest BCUT2D eigenvalue weighted by Crippen LogP contribution is 2.25. The van der Waals surface area contributed by atoms with E-state index in [0.717, 1.165) is 21.2 Å². The molecule has 3 aromatic rings. The van der Waals surface area contributed by atoms with E-state index in [9.17, 15) is 14.4 Å². The van der Waals surface area contributed by atoms with Gasteiger partial charge in [-0.3, -0.25) is 19.3 Å². The van der Waals surface area contributed by atoms with E-state index in [2.05, 4.69) is 15.3 Å². The molecule has 1 aliphatic rings. The maximum atomic E-state index is 12.3. The topological polar surface area (TPSA) is 95.2 Å². The van der Waals surface area contributed by atoms with E-state index in [1.807, 2.05) is 17.5 Å². The van der Waals surface area contributed by atoms with Crippen LogP contribution in [0.5, 0.6) is 0 Å². The summed E-state index contributed by atoms with van der Waals surface area (Å²) in [5.41, 5.74) is 2.65. The van der Waals surface area contributed by atoms with Gasteiger partial charge in [-0.25, -0.2) is 4.98 Å². The number of carbonyl (C=O) groups excluding carboxylic acids is 3. The number of H-pyrrole nitrogens is 1. The summed E-state index contributed by atoms with van der Waals surface area (Å²) in [7, 11) is 0. The highest BCUT2D eigenvalue weighted by atomic mass is 32.1. The number of aromatic amines is 1. The van der Waals surface area contributed by atoms with Crippen LogP contribution in [-0.2, 0) is 11.2 Å². The number of nitrogens with zero attached hydrogens (tertiary/aromatic N) is 2. The van der Waals surface area contributed by atoms with Crippen molar-refractivity contribution in [1.29, 1.82) is 0 Å². The zero-order valence-corrected chi connectivity index (χ0v) is 15.8. The molecule has 0 fully saturated rings. The van der Waals surface area contributed by atoms with Crippen LogP contribution in [0.2, 0.25) is 0 Å². The lowest BCUT2D eigenvalue weighted by molar-refractivity contribution is -0.121. The summed E-state index contributed by atoms with van der Waals surface area (Å²) in [5.74, 6) is -0.883. The normalized spacial score (nSPS) is 13.1. The summed E-state index contributed by atoms with van der Waals surface area (Å²) in [6.45, 7) is 0.518. The maximum Gasteiger partial charge on any atom is 0.261 e. The molecule has 0 bridgehead atoms. The highest BCUT2D eigenvalue weighted by Gasteiger charge is 2.34. The molecule has 2 aromatic heterocycles. The molecule has 7 nitrogen and oxygen atoms in total. The van der Waals surface area contributed by atoms with Crippen molar-refractivity contribution < 1.29 is 14.4 Å². The van der Waals surface area contributed by atoms with Crippen LogP contribution in [0.1, 0.15) is 32.8 Å². The molecule has 1 aliphatic heterocycles. The summed E-state index contributed by atoms with van der Waals surface area (Å²) in [5, 5.41) is 4.83. The molecule has 0 radical (unpaired) electrons. The smallest absolute Gasteiger partial charge is 0.261 e. The predicted octanol–water partition coefficient (Wildman–Crippen LogP) is 2.48. The molecule has 4 rings (SSSR count). The van der Waals surface area contributed by atoms with Crippen molar-refractivity contribution in [3.05, 3.63) is 64.9 Å². The van der Waals surface area contributed by atoms with Gasteiger partial charge < -0.3 is 10.3 Å². The highest BCUT2D eigenvalue weighted by molar-refractivity contribution is 7.13. The second-order valence-electron chi connectivity index (χ2n) is 6.36. The van der Waals surface area contributed by atoms with E-state index < -0.39 is 0 Å². The minimum Gasteiger partial charge on any atom is -0.356 e. The molecular weight excluding hydrogens is 376 g/mol. The van der Waals surface area contributed by atoms with Crippen molar-refractivity contribution in [3.63, 3.8) is 0 Å². The van der Waals surface area contributed by atoms with E-state index in [0.29, 0.717) is 24.1 Å². The first-order valence-electron chi connectivity index (χ1n) is 8.93. The number of hydrogen-bond acceptors (Lipinski definition) is 5. The maximum absolute atomic E-state index is 12.3. The number of nitrogens with one attached hydrogen (secondary N) is 2. The SMILES string of the molecule is O=C(CCN1C(=O)c2ccccc2C1=O)NCCc1[nH]cnc1-c1cccs1. The number of hydrogen-bond donors (Lipinski definition) is 2. The number of thiophene rings is 1.